The molecule has 3 rings (SSSR count). The molecule has 18 heavy (non-hydrogen) atoms. The predicted octanol–water partition coefficient (Wildman–Crippen LogP) is 2.89. The summed E-state index contributed by atoms with van der Waals surface area (Å²) in [5.41, 5.74) is 2.00. The van der Waals surface area contributed by atoms with Gasteiger partial charge < -0.3 is 0 Å². The van der Waals surface area contributed by atoms with E-state index >= 15 is 0 Å². The van der Waals surface area contributed by atoms with Gasteiger partial charge in [0.2, 0.25) is 0 Å². The lowest BCUT2D eigenvalue weighted by molar-refractivity contribution is 0.627. The SMILES string of the molecule is Cc1cc(F)cc(-c2nnc3ccc(Cl)nn23)c1. The van der Waals surface area contributed by atoms with Gasteiger partial charge >= 0.3 is 0 Å². The van der Waals surface area contributed by atoms with E-state index in [9.17, 15) is 4.39 Å². The van der Waals surface area contributed by atoms with Crippen LogP contribution in [0.4, 0.5) is 4.39 Å². The topological polar surface area (TPSA) is 43.1 Å². The van der Waals surface area contributed by atoms with Gasteiger partial charge in [0.15, 0.2) is 11.5 Å². The van der Waals surface area contributed by atoms with Gasteiger partial charge in [-0.2, -0.15) is 9.61 Å². The molecule has 4 nitrogen and oxygen atoms in total. The molecule has 6 heteroatoms. The van der Waals surface area contributed by atoms with Crippen molar-refractivity contribution >= 4 is 17.2 Å². The third-order valence-corrected chi connectivity index (χ3v) is 2.73. The first-order valence-electron chi connectivity index (χ1n) is 5.29. The van der Waals surface area contributed by atoms with E-state index in [1.54, 1.807) is 12.1 Å². The van der Waals surface area contributed by atoms with Crippen LogP contribution in [0.5, 0.6) is 0 Å². The Morgan fingerprint density at radius 3 is 2.78 bits per heavy atom. The summed E-state index contributed by atoms with van der Waals surface area (Å²) in [5, 5.41) is 12.4. The van der Waals surface area contributed by atoms with Gasteiger partial charge in [0.25, 0.3) is 0 Å². The Labute approximate surface area is 107 Å². The van der Waals surface area contributed by atoms with Gasteiger partial charge in [-0.05, 0) is 42.8 Å². The number of hydrogen-bond donors (Lipinski definition) is 0. The standard InChI is InChI=1S/C12H8ClFN4/c1-7-4-8(6-9(14)5-7)12-16-15-11-3-2-10(13)17-18(11)12/h2-6H,1H3. The summed E-state index contributed by atoms with van der Waals surface area (Å²) in [6.45, 7) is 1.82. The second-order valence-corrected chi connectivity index (χ2v) is 4.35. The molecule has 0 aliphatic heterocycles. The average molecular weight is 263 g/mol. The molecule has 1 aromatic carbocycles. The van der Waals surface area contributed by atoms with Crippen molar-refractivity contribution in [2.75, 3.05) is 0 Å². The Morgan fingerprint density at radius 1 is 1.17 bits per heavy atom. The third kappa shape index (κ3) is 1.82. The first-order chi connectivity index (χ1) is 8.63. The van der Waals surface area contributed by atoms with Crippen molar-refractivity contribution in [1.82, 2.24) is 19.8 Å². The maximum Gasteiger partial charge on any atom is 0.185 e. The third-order valence-electron chi connectivity index (χ3n) is 2.53. The zero-order chi connectivity index (χ0) is 12.7. The lowest BCUT2D eigenvalue weighted by atomic mass is 10.1. The molecule has 0 aliphatic rings. The van der Waals surface area contributed by atoms with Crippen LogP contribution < -0.4 is 0 Å². The molecule has 0 saturated carbocycles. The smallest absolute Gasteiger partial charge is 0.185 e. The highest BCUT2D eigenvalue weighted by Gasteiger charge is 2.11. The van der Waals surface area contributed by atoms with Crippen LogP contribution in [0.15, 0.2) is 30.3 Å². The molecule has 0 N–H and O–H groups in total. The summed E-state index contributed by atoms with van der Waals surface area (Å²) in [5.74, 6) is 0.152. The van der Waals surface area contributed by atoms with Gasteiger partial charge in [0.1, 0.15) is 11.0 Å². The summed E-state index contributed by atoms with van der Waals surface area (Å²) in [4.78, 5) is 0. The van der Waals surface area contributed by atoms with Gasteiger partial charge in [-0.1, -0.05) is 11.6 Å². The van der Waals surface area contributed by atoms with Crippen LogP contribution in [-0.2, 0) is 0 Å². The Morgan fingerprint density at radius 2 is 2.00 bits per heavy atom. The van der Waals surface area contributed by atoms with Crippen LogP contribution in [0.25, 0.3) is 17.0 Å². The Bertz CT molecular complexity index is 718. The molecule has 0 bridgehead atoms. The number of aromatic nitrogens is 4. The highest BCUT2D eigenvalue weighted by molar-refractivity contribution is 6.29. The number of fused-ring (bicyclic) bond motifs is 1. The second kappa shape index (κ2) is 4.03. The highest BCUT2D eigenvalue weighted by Crippen LogP contribution is 2.21. The van der Waals surface area contributed by atoms with Crippen LogP contribution in [0.3, 0.4) is 0 Å². The molecule has 2 aromatic heterocycles. The molecule has 0 atom stereocenters. The lowest BCUT2D eigenvalue weighted by Gasteiger charge is -2.01. The number of halogens is 2. The quantitative estimate of drug-likeness (QED) is 0.677. The van der Waals surface area contributed by atoms with Crippen molar-refractivity contribution in [3.05, 3.63) is 46.9 Å². The summed E-state index contributed by atoms with van der Waals surface area (Å²) in [6.07, 6.45) is 0. The number of hydrogen-bond acceptors (Lipinski definition) is 3. The monoisotopic (exact) mass is 262 g/mol. The summed E-state index contributed by atoms with van der Waals surface area (Å²) in [7, 11) is 0. The predicted molar refractivity (Wildman–Crippen MR) is 65.9 cm³/mol. The minimum absolute atomic E-state index is 0.316. The van der Waals surface area contributed by atoms with Crippen molar-refractivity contribution in [2.45, 2.75) is 6.92 Å². The largest absolute Gasteiger partial charge is 0.207 e. The summed E-state index contributed by atoms with van der Waals surface area (Å²) >= 11 is 5.84. The van der Waals surface area contributed by atoms with Crippen LogP contribution in [-0.4, -0.2) is 19.8 Å². The van der Waals surface area contributed by atoms with E-state index in [-0.39, 0.29) is 5.82 Å². The average Bonchev–Trinajstić information content (AvgIpc) is 2.70. The van der Waals surface area contributed by atoms with Crippen molar-refractivity contribution in [3.63, 3.8) is 0 Å². The minimum atomic E-state index is -0.316. The fraction of sp³-hybridized carbons (Fsp3) is 0.0833. The van der Waals surface area contributed by atoms with Gasteiger partial charge in [-0.15, -0.1) is 10.2 Å². The van der Waals surface area contributed by atoms with Crippen molar-refractivity contribution < 1.29 is 4.39 Å². The van der Waals surface area contributed by atoms with E-state index in [1.807, 2.05) is 13.0 Å². The zero-order valence-electron chi connectivity index (χ0n) is 9.43. The van der Waals surface area contributed by atoms with Crippen molar-refractivity contribution in [1.29, 1.82) is 0 Å². The van der Waals surface area contributed by atoms with E-state index in [0.29, 0.717) is 22.2 Å². The second-order valence-electron chi connectivity index (χ2n) is 3.97. The lowest BCUT2D eigenvalue weighted by Crippen LogP contribution is -1.95. The molecule has 0 spiro atoms. The molecular weight excluding hydrogens is 255 g/mol. The van der Waals surface area contributed by atoms with Gasteiger partial charge in [0.05, 0.1) is 0 Å². The molecule has 90 valence electrons. The van der Waals surface area contributed by atoms with Crippen LogP contribution >= 0.6 is 11.6 Å². The first-order valence-corrected chi connectivity index (χ1v) is 5.67. The molecule has 0 aliphatic carbocycles. The number of benzene rings is 1. The molecule has 3 aromatic rings. The van der Waals surface area contributed by atoms with Gasteiger partial charge in [0, 0.05) is 5.56 Å². The van der Waals surface area contributed by atoms with Crippen LogP contribution in [0, 0.1) is 12.7 Å². The number of nitrogens with zero attached hydrogens (tertiary/aromatic N) is 4. The minimum Gasteiger partial charge on any atom is -0.207 e. The molecule has 2 heterocycles. The Balaban J connectivity index is 2.27. The molecular formula is C12H8ClFN4. The Kier molecular flexibility index (Phi) is 2.48. The van der Waals surface area contributed by atoms with E-state index < -0.39 is 0 Å². The summed E-state index contributed by atoms with van der Waals surface area (Å²) < 4.78 is 14.9. The highest BCUT2D eigenvalue weighted by atomic mass is 35.5. The number of aryl methyl sites for hydroxylation is 1. The molecule has 0 amide bonds. The molecule has 0 saturated heterocycles. The zero-order valence-corrected chi connectivity index (χ0v) is 10.2. The van der Waals surface area contributed by atoms with Crippen molar-refractivity contribution in [2.24, 2.45) is 0 Å². The van der Waals surface area contributed by atoms with Gasteiger partial charge in [-0.3, -0.25) is 0 Å². The maximum atomic E-state index is 13.4. The normalized spacial score (nSPS) is 11.1. The Hall–Kier alpha value is -2.01. The fourth-order valence-electron chi connectivity index (χ4n) is 1.81. The fourth-order valence-corrected chi connectivity index (χ4v) is 1.95. The summed E-state index contributed by atoms with van der Waals surface area (Å²) in [6, 6.07) is 8.01. The first kappa shape index (κ1) is 11.1. The van der Waals surface area contributed by atoms with E-state index in [4.69, 9.17) is 11.6 Å². The van der Waals surface area contributed by atoms with Crippen molar-refractivity contribution in [3.8, 4) is 11.4 Å². The van der Waals surface area contributed by atoms with E-state index in [0.717, 1.165) is 5.56 Å². The number of rotatable bonds is 1. The van der Waals surface area contributed by atoms with E-state index in [2.05, 4.69) is 15.3 Å². The maximum absolute atomic E-state index is 13.4. The van der Waals surface area contributed by atoms with Crippen LogP contribution in [0.2, 0.25) is 5.15 Å². The van der Waals surface area contributed by atoms with Crippen LogP contribution in [0.1, 0.15) is 5.56 Å². The molecule has 0 fully saturated rings. The van der Waals surface area contributed by atoms with E-state index in [1.165, 1.54) is 16.6 Å². The van der Waals surface area contributed by atoms with Gasteiger partial charge in [-0.25, -0.2) is 4.39 Å². The molecule has 0 unspecified atom stereocenters. The molecule has 0 radical (unpaired) electrons.